The molecule has 0 bridgehead atoms. The molecule has 0 aliphatic heterocycles. The molecule has 0 radical (unpaired) electrons. The molecule has 0 aromatic carbocycles. The third kappa shape index (κ3) is 74.3. The highest BCUT2D eigenvalue weighted by atomic mass is 31.2. The maximum Gasteiger partial charge on any atom is 0.472 e. The number of aliphatic hydroxyl groups is 1. The van der Waals surface area contributed by atoms with Crippen molar-refractivity contribution in [1.29, 1.82) is 0 Å². The lowest BCUT2D eigenvalue weighted by atomic mass is 10.0. The molecule has 0 rings (SSSR count). The number of unbranched alkanes of at least 4 members (excludes halogenated alkanes) is 53. The predicted octanol–water partition coefficient (Wildman–Crippen LogP) is 24.4. The van der Waals surface area contributed by atoms with Gasteiger partial charge in [0.05, 0.1) is 26.4 Å². The van der Waals surface area contributed by atoms with Crippen LogP contribution in [0.5, 0.6) is 0 Å². The van der Waals surface area contributed by atoms with E-state index >= 15 is 0 Å². The predicted molar refractivity (Wildman–Crippen MR) is 409 cm³/mol. The van der Waals surface area contributed by atoms with Crippen molar-refractivity contribution in [3.8, 4) is 0 Å². The van der Waals surface area contributed by atoms with E-state index in [2.05, 4.69) is 34.6 Å². The lowest BCUT2D eigenvalue weighted by Crippen LogP contribution is -2.30. The topological polar surface area (TPSA) is 237 Å². The monoisotopic (exact) mass is 1470 g/mol. The molecule has 2 unspecified atom stereocenters. The van der Waals surface area contributed by atoms with Crippen LogP contribution in [0, 0.1) is 5.92 Å². The Hall–Kier alpha value is -1.94. The van der Waals surface area contributed by atoms with Crippen LogP contribution in [-0.4, -0.2) is 96.7 Å². The molecule has 0 spiro atoms. The molecule has 19 heteroatoms. The highest BCUT2D eigenvalue weighted by molar-refractivity contribution is 7.47. The van der Waals surface area contributed by atoms with Gasteiger partial charge in [0.2, 0.25) is 0 Å². The van der Waals surface area contributed by atoms with Gasteiger partial charge in [-0.15, -0.1) is 0 Å². The van der Waals surface area contributed by atoms with Crippen LogP contribution in [0.25, 0.3) is 0 Å². The van der Waals surface area contributed by atoms with Crippen LogP contribution in [-0.2, 0) is 65.4 Å². The summed E-state index contributed by atoms with van der Waals surface area (Å²) in [6, 6.07) is 0. The Morgan fingerprint density at radius 1 is 0.270 bits per heavy atom. The minimum absolute atomic E-state index is 0.108. The van der Waals surface area contributed by atoms with Crippen molar-refractivity contribution in [2.75, 3.05) is 39.6 Å². The number of ether oxygens (including phenoxy) is 4. The minimum atomic E-state index is -4.96. The molecule has 0 saturated carbocycles. The fraction of sp³-hybridized carbons (Fsp3) is 0.951. The van der Waals surface area contributed by atoms with Crippen molar-refractivity contribution >= 4 is 39.5 Å². The standard InChI is InChI=1S/C81H158O17P2/c1-6-9-12-15-18-21-24-26-27-28-29-30-31-32-33-34-36-42-47-52-57-62-67-81(86)98-77(71-92-79(84)65-60-55-50-45-40-38-37-39-43-48-53-58-63-74(4)5)73-96-100(89,90)94-69-75(82)68-93-99(87,88)95-72-76(70-91-78(83)64-59-54-49-44-23-20-17-14-11-8-3)97-80(85)66-61-56-51-46-41-35-25-22-19-16-13-10-7-2/h74-77,82H,6-73H2,1-5H3,(H,87,88)(H,89,90)/t75-,76+,77+/m0/s1. The van der Waals surface area contributed by atoms with Crippen molar-refractivity contribution in [2.45, 2.75) is 451 Å². The number of phosphoric acid groups is 2. The first-order valence-electron chi connectivity index (χ1n) is 42.1. The van der Waals surface area contributed by atoms with Gasteiger partial charge in [-0.3, -0.25) is 37.3 Å². The van der Waals surface area contributed by atoms with Crippen LogP contribution in [0.2, 0.25) is 0 Å². The molecule has 0 fully saturated rings. The molecule has 0 amide bonds. The van der Waals surface area contributed by atoms with Gasteiger partial charge in [0.15, 0.2) is 12.2 Å². The molecule has 0 aliphatic carbocycles. The molecule has 0 saturated heterocycles. The first kappa shape index (κ1) is 98.1. The largest absolute Gasteiger partial charge is 0.472 e. The van der Waals surface area contributed by atoms with Crippen LogP contribution in [0.1, 0.15) is 433 Å². The van der Waals surface area contributed by atoms with E-state index in [0.717, 1.165) is 95.8 Å². The summed E-state index contributed by atoms with van der Waals surface area (Å²) in [7, 11) is -9.92. The average molecular weight is 1470 g/mol. The first-order valence-corrected chi connectivity index (χ1v) is 45.1. The molecule has 5 atom stereocenters. The van der Waals surface area contributed by atoms with E-state index in [0.29, 0.717) is 25.7 Å². The fourth-order valence-corrected chi connectivity index (χ4v) is 14.2. The van der Waals surface area contributed by atoms with Gasteiger partial charge in [-0.1, -0.05) is 381 Å². The first-order chi connectivity index (χ1) is 48.5. The number of carbonyl (C=O) groups excluding carboxylic acids is 4. The molecule has 0 aromatic heterocycles. The maximum absolute atomic E-state index is 13.1. The van der Waals surface area contributed by atoms with E-state index in [1.165, 1.54) is 257 Å². The normalized spacial score (nSPS) is 13.8. The summed E-state index contributed by atoms with van der Waals surface area (Å²) in [6.45, 7) is 7.33. The Kier molecular flexibility index (Phi) is 72.5. The summed E-state index contributed by atoms with van der Waals surface area (Å²) in [5.41, 5.74) is 0. The molecule has 3 N–H and O–H groups in total. The number of phosphoric ester groups is 2. The number of carbonyl (C=O) groups is 4. The van der Waals surface area contributed by atoms with Gasteiger partial charge in [0.25, 0.3) is 0 Å². The molecule has 0 heterocycles. The summed E-state index contributed by atoms with van der Waals surface area (Å²) in [5.74, 6) is -1.33. The fourth-order valence-electron chi connectivity index (χ4n) is 12.6. The van der Waals surface area contributed by atoms with Crippen LogP contribution in [0.4, 0.5) is 0 Å². The Bertz CT molecular complexity index is 1910. The van der Waals surface area contributed by atoms with E-state index < -0.39 is 97.5 Å². The zero-order valence-corrected chi connectivity index (χ0v) is 67.1. The number of esters is 4. The van der Waals surface area contributed by atoms with Crippen molar-refractivity contribution in [1.82, 2.24) is 0 Å². The van der Waals surface area contributed by atoms with E-state index in [1.807, 2.05) is 0 Å². The SMILES string of the molecule is CCCCCCCCCCCCCCCCCCCCCCCCC(=O)O[C@H](COC(=O)CCCCCCCCCCCCCCC(C)C)COP(=O)(O)OC[C@@H](O)COP(=O)(O)OC[C@@H](COC(=O)CCCCCCCCCCCC)OC(=O)CCCCCCCCCCCCCCC. The Morgan fingerprint density at radius 2 is 0.460 bits per heavy atom. The second kappa shape index (κ2) is 73.9. The minimum Gasteiger partial charge on any atom is -0.462 e. The van der Waals surface area contributed by atoms with Gasteiger partial charge < -0.3 is 33.8 Å². The summed E-state index contributed by atoms with van der Waals surface area (Å²) in [6.07, 6.45) is 65.2. The molecule has 17 nitrogen and oxygen atoms in total. The third-order valence-electron chi connectivity index (χ3n) is 19.0. The molecule has 100 heavy (non-hydrogen) atoms. The van der Waals surface area contributed by atoms with Crippen LogP contribution < -0.4 is 0 Å². The number of rotatable bonds is 81. The summed E-state index contributed by atoms with van der Waals surface area (Å²) < 4.78 is 68.7. The number of hydrogen-bond donors (Lipinski definition) is 3. The second-order valence-corrected chi connectivity index (χ2v) is 32.5. The Balaban J connectivity index is 5.20. The maximum atomic E-state index is 13.1. The quantitative estimate of drug-likeness (QED) is 0.0222. The van der Waals surface area contributed by atoms with Gasteiger partial charge in [-0.2, -0.15) is 0 Å². The third-order valence-corrected chi connectivity index (χ3v) is 20.9. The van der Waals surface area contributed by atoms with E-state index in [9.17, 15) is 43.2 Å². The molecule has 0 aliphatic rings. The number of hydrogen-bond acceptors (Lipinski definition) is 15. The molecular weight excluding hydrogens is 1310 g/mol. The highest BCUT2D eigenvalue weighted by Crippen LogP contribution is 2.45. The van der Waals surface area contributed by atoms with Crippen LogP contribution in [0.3, 0.4) is 0 Å². The van der Waals surface area contributed by atoms with Crippen LogP contribution >= 0.6 is 15.6 Å². The summed E-state index contributed by atoms with van der Waals surface area (Å²) in [4.78, 5) is 73.0. The Morgan fingerprint density at radius 3 is 0.680 bits per heavy atom. The van der Waals surface area contributed by atoms with Gasteiger partial charge in [-0.05, 0) is 31.6 Å². The molecule has 0 aromatic rings. The lowest BCUT2D eigenvalue weighted by molar-refractivity contribution is -0.161. The van der Waals surface area contributed by atoms with E-state index in [1.54, 1.807) is 0 Å². The van der Waals surface area contributed by atoms with Crippen molar-refractivity contribution in [2.24, 2.45) is 5.92 Å². The van der Waals surface area contributed by atoms with Gasteiger partial charge in [0.1, 0.15) is 19.3 Å². The van der Waals surface area contributed by atoms with Crippen molar-refractivity contribution < 1.29 is 80.2 Å². The molecule has 594 valence electrons. The Labute approximate surface area is 613 Å². The number of aliphatic hydroxyl groups excluding tert-OH is 1. The van der Waals surface area contributed by atoms with Crippen molar-refractivity contribution in [3.05, 3.63) is 0 Å². The van der Waals surface area contributed by atoms with Gasteiger partial charge in [0, 0.05) is 25.7 Å². The molecular formula is C81H158O17P2. The average Bonchev–Trinajstić information content (AvgIpc) is 0.930. The smallest absolute Gasteiger partial charge is 0.462 e. The highest BCUT2D eigenvalue weighted by Gasteiger charge is 2.30. The van der Waals surface area contributed by atoms with Crippen molar-refractivity contribution in [3.63, 3.8) is 0 Å². The second-order valence-electron chi connectivity index (χ2n) is 29.6. The lowest BCUT2D eigenvalue weighted by Gasteiger charge is -2.21. The summed E-state index contributed by atoms with van der Waals surface area (Å²) in [5, 5.41) is 10.6. The summed E-state index contributed by atoms with van der Waals surface area (Å²) >= 11 is 0. The van der Waals surface area contributed by atoms with Gasteiger partial charge in [-0.25, -0.2) is 9.13 Å². The zero-order chi connectivity index (χ0) is 73.4. The van der Waals surface area contributed by atoms with E-state index in [-0.39, 0.29) is 25.7 Å². The zero-order valence-electron chi connectivity index (χ0n) is 65.3. The van der Waals surface area contributed by atoms with E-state index in [4.69, 9.17) is 37.0 Å². The van der Waals surface area contributed by atoms with Gasteiger partial charge >= 0.3 is 39.5 Å². The van der Waals surface area contributed by atoms with Crippen LogP contribution in [0.15, 0.2) is 0 Å².